The molecule has 0 saturated carbocycles. The summed E-state index contributed by atoms with van der Waals surface area (Å²) in [6, 6.07) is 8.51. The van der Waals surface area contributed by atoms with Crippen LogP contribution in [0, 0.1) is 0 Å². The van der Waals surface area contributed by atoms with Crippen molar-refractivity contribution in [2.75, 3.05) is 26.1 Å². The Hall–Kier alpha value is -3.23. The summed E-state index contributed by atoms with van der Waals surface area (Å²) in [5.74, 6) is -0.282. The first-order valence-electron chi connectivity index (χ1n) is 7.72. The number of benzene rings is 2. The van der Waals surface area contributed by atoms with E-state index in [-0.39, 0.29) is 17.8 Å². The normalized spacial score (nSPS) is 10.9. The van der Waals surface area contributed by atoms with Crippen molar-refractivity contribution in [1.29, 1.82) is 0 Å². The summed E-state index contributed by atoms with van der Waals surface area (Å²) >= 11 is 0. The number of rotatable bonds is 6. The van der Waals surface area contributed by atoms with Gasteiger partial charge in [0, 0.05) is 11.3 Å². The molecule has 0 bridgehead atoms. The van der Waals surface area contributed by atoms with Gasteiger partial charge >= 0.3 is 6.18 Å². The third kappa shape index (κ3) is 5.37. The number of amides is 2. The van der Waals surface area contributed by atoms with Crippen LogP contribution in [-0.4, -0.2) is 32.6 Å². The molecule has 0 aliphatic rings. The molecule has 2 N–H and O–H groups in total. The van der Waals surface area contributed by atoms with E-state index in [4.69, 9.17) is 9.47 Å². The van der Waals surface area contributed by atoms with Crippen molar-refractivity contribution in [2.24, 2.45) is 0 Å². The lowest BCUT2D eigenvalue weighted by Gasteiger charge is -2.11. The monoisotopic (exact) mass is 382 g/mol. The van der Waals surface area contributed by atoms with Gasteiger partial charge in [0.2, 0.25) is 5.91 Å². The fourth-order valence-corrected chi connectivity index (χ4v) is 2.19. The van der Waals surface area contributed by atoms with Gasteiger partial charge in [-0.1, -0.05) is 0 Å². The van der Waals surface area contributed by atoms with Gasteiger partial charge in [-0.2, -0.15) is 13.2 Å². The number of hydrogen-bond acceptors (Lipinski definition) is 4. The molecular weight excluding hydrogens is 365 g/mol. The van der Waals surface area contributed by atoms with E-state index in [1.807, 2.05) is 0 Å². The number of methoxy groups -OCH3 is 2. The average Bonchev–Trinajstić information content (AvgIpc) is 2.65. The van der Waals surface area contributed by atoms with Gasteiger partial charge in [-0.15, -0.1) is 0 Å². The lowest BCUT2D eigenvalue weighted by molar-refractivity contribution is -0.137. The number of carbonyl (C=O) groups excluding carboxylic acids is 2. The molecule has 27 heavy (non-hydrogen) atoms. The van der Waals surface area contributed by atoms with E-state index < -0.39 is 23.6 Å². The fourth-order valence-electron chi connectivity index (χ4n) is 2.19. The van der Waals surface area contributed by atoms with Crippen molar-refractivity contribution in [3.8, 4) is 11.5 Å². The molecule has 2 amide bonds. The van der Waals surface area contributed by atoms with E-state index in [1.54, 1.807) is 6.07 Å². The highest BCUT2D eigenvalue weighted by Gasteiger charge is 2.29. The molecule has 0 aliphatic carbocycles. The quantitative estimate of drug-likeness (QED) is 0.805. The molecule has 2 rings (SSSR count). The van der Waals surface area contributed by atoms with Crippen LogP contribution in [-0.2, 0) is 11.0 Å². The maximum atomic E-state index is 12.5. The van der Waals surface area contributed by atoms with Crippen molar-refractivity contribution in [2.45, 2.75) is 6.18 Å². The minimum absolute atomic E-state index is 0.188. The molecule has 2 aromatic carbocycles. The zero-order valence-corrected chi connectivity index (χ0v) is 14.5. The molecule has 0 heterocycles. The van der Waals surface area contributed by atoms with Gasteiger partial charge in [-0.25, -0.2) is 0 Å². The molecule has 0 spiro atoms. The molecule has 2 aromatic rings. The smallest absolute Gasteiger partial charge is 0.416 e. The zero-order chi connectivity index (χ0) is 20.0. The highest BCUT2D eigenvalue weighted by atomic mass is 19.4. The molecule has 0 radical (unpaired) electrons. The third-order valence-electron chi connectivity index (χ3n) is 3.55. The number of ether oxygens (including phenoxy) is 2. The Bertz CT molecular complexity index is 820. The lowest BCUT2D eigenvalue weighted by Crippen LogP contribution is -2.32. The predicted octanol–water partition coefficient (Wildman–Crippen LogP) is 3.09. The first kappa shape index (κ1) is 20.1. The van der Waals surface area contributed by atoms with Gasteiger partial charge in [0.25, 0.3) is 5.91 Å². The Kier molecular flexibility index (Phi) is 6.27. The summed E-state index contributed by atoms with van der Waals surface area (Å²) in [6.07, 6.45) is -4.45. The summed E-state index contributed by atoms with van der Waals surface area (Å²) < 4.78 is 47.7. The highest BCUT2D eigenvalue weighted by molar-refractivity contribution is 5.99. The molecule has 6 nitrogen and oxygen atoms in total. The summed E-state index contributed by atoms with van der Waals surface area (Å²) in [6.45, 7) is -0.353. The van der Waals surface area contributed by atoms with Gasteiger partial charge < -0.3 is 20.1 Å². The average molecular weight is 382 g/mol. The van der Waals surface area contributed by atoms with E-state index in [9.17, 15) is 22.8 Å². The van der Waals surface area contributed by atoms with Crippen molar-refractivity contribution >= 4 is 17.5 Å². The van der Waals surface area contributed by atoms with Gasteiger partial charge in [0.1, 0.15) is 0 Å². The van der Waals surface area contributed by atoms with E-state index in [0.29, 0.717) is 11.5 Å². The maximum Gasteiger partial charge on any atom is 0.416 e. The second kappa shape index (κ2) is 8.43. The largest absolute Gasteiger partial charge is 0.493 e. The van der Waals surface area contributed by atoms with Crippen LogP contribution in [0.2, 0.25) is 0 Å². The van der Waals surface area contributed by atoms with Crippen molar-refractivity contribution < 1.29 is 32.2 Å². The number of carbonyl (C=O) groups is 2. The lowest BCUT2D eigenvalue weighted by atomic mass is 10.2. The van der Waals surface area contributed by atoms with Crippen LogP contribution in [0.4, 0.5) is 18.9 Å². The minimum atomic E-state index is -4.45. The van der Waals surface area contributed by atoms with Crippen LogP contribution in [0.5, 0.6) is 11.5 Å². The highest BCUT2D eigenvalue weighted by Crippen LogP contribution is 2.30. The number of nitrogens with one attached hydrogen (secondary N) is 2. The van der Waals surface area contributed by atoms with E-state index in [2.05, 4.69) is 10.6 Å². The number of halogens is 3. The Labute approximate surface area is 153 Å². The summed E-state index contributed by atoms with van der Waals surface area (Å²) in [5, 5.41) is 4.82. The van der Waals surface area contributed by atoms with Crippen LogP contribution >= 0.6 is 0 Å². The van der Waals surface area contributed by atoms with E-state index >= 15 is 0 Å². The molecule has 0 aliphatic heterocycles. The Morgan fingerprint density at radius 3 is 2.15 bits per heavy atom. The molecule has 144 valence electrons. The predicted molar refractivity (Wildman–Crippen MR) is 92.0 cm³/mol. The Morgan fingerprint density at radius 2 is 1.59 bits per heavy atom. The van der Waals surface area contributed by atoms with Crippen molar-refractivity contribution in [1.82, 2.24) is 5.32 Å². The molecule has 0 saturated heterocycles. The molecule has 9 heteroatoms. The van der Waals surface area contributed by atoms with Crippen molar-refractivity contribution in [3.05, 3.63) is 53.6 Å². The van der Waals surface area contributed by atoms with E-state index in [0.717, 1.165) is 24.3 Å². The first-order valence-corrected chi connectivity index (χ1v) is 7.72. The Morgan fingerprint density at radius 1 is 0.963 bits per heavy atom. The summed E-state index contributed by atoms with van der Waals surface area (Å²) in [5.41, 5.74) is -0.370. The topological polar surface area (TPSA) is 76.7 Å². The number of alkyl halides is 3. The SMILES string of the molecule is COc1ccc(C(=O)NCC(=O)Nc2ccc(C(F)(F)F)cc2)cc1OC. The van der Waals surface area contributed by atoms with Gasteiger partial charge in [0.15, 0.2) is 11.5 Å². The van der Waals surface area contributed by atoms with Crippen LogP contribution in [0.3, 0.4) is 0 Å². The van der Waals surface area contributed by atoms with Crippen LogP contribution in [0.25, 0.3) is 0 Å². The molecule has 0 aromatic heterocycles. The molecule has 0 unspecified atom stereocenters. The van der Waals surface area contributed by atoms with Crippen LogP contribution < -0.4 is 20.1 Å². The second-order valence-electron chi connectivity index (χ2n) is 5.38. The molecular formula is C18H17F3N2O4. The number of anilines is 1. The first-order chi connectivity index (χ1) is 12.7. The molecule has 0 fully saturated rings. The zero-order valence-electron chi connectivity index (χ0n) is 14.5. The van der Waals surface area contributed by atoms with Crippen molar-refractivity contribution in [3.63, 3.8) is 0 Å². The van der Waals surface area contributed by atoms with Crippen LogP contribution in [0.1, 0.15) is 15.9 Å². The van der Waals surface area contributed by atoms with Gasteiger partial charge in [-0.05, 0) is 42.5 Å². The number of hydrogen-bond donors (Lipinski definition) is 2. The summed E-state index contributed by atoms with van der Waals surface area (Å²) in [7, 11) is 2.89. The minimum Gasteiger partial charge on any atom is -0.493 e. The second-order valence-corrected chi connectivity index (χ2v) is 5.38. The standard InChI is InChI=1S/C18H17F3N2O4/c1-26-14-8-3-11(9-15(14)27-2)17(25)22-10-16(24)23-13-6-4-12(5-7-13)18(19,20)21/h3-9H,10H2,1-2H3,(H,22,25)(H,23,24). The fraction of sp³-hybridized carbons (Fsp3) is 0.222. The van der Waals surface area contributed by atoms with Crippen LogP contribution in [0.15, 0.2) is 42.5 Å². The third-order valence-corrected chi connectivity index (χ3v) is 3.55. The molecule has 0 atom stereocenters. The summed E-state index contributed by atoms with van der Waals surface area (Å²) in [4.78, 5) is 24.0. The Balaban J connectivity index is 1.92. The van der Waals surface area contributed by atoms with Gasteiger partial charge in [0.05, 0.1) is 26.3 Å². The van der Waals surface area contributed by atoms with Gasteiger partial charge in [-0.3, -0.25) is 9.59 Å². The van der Waals surface area contributed by atoms with E-state index in [1.165, 1.54) is 26.4 Å². The maximum absolute atomic E-state index is 12.5.